The first-order valence-corrected chi connectivity index (χ1v) is 7.90. The Balaban J connectivity index is 1.97. The minimum Gasteiger partial charge on any atom is -0.266 e. The van der Waals surface area contributed by atoms with Gasteiger partial charge in [-0.3, -0.25) is 4.18 Å². The second-order valence-electron chi connectivity index (χ2n) is 3.97. The zero-order valence-corrected chi connectivity index (χ0v) is 11.6. The molecule has 1 heterocycles. The molecule has 0 fully saturated rings. The summed E-state index contributed by atoms with van der Waals surface area (Å²) >= 11 is 1.59. The Labute approximate surface area is 111 Å². The predicted molar refractivity (Wildman–Crippen MR) is 72.3 cm³/mol. The SMILES string of the molecule is Cc1ccc(S(=O)(=O)OCCc2ccsc2)cc1. The van der Waals surface area contributed by atoms with Gasteiger partial charge in [0.1, 0.15) is 0 Å². The summed E-state index contributed by atoms with van der Waals surface area (Å²) in [7, 11) is -3.63. The average Bonchev–Trinajstić information content (AvgIpc) is 2.82. The molecule has 3 nitrogen and oxygen atoms in total. The molecule has 5 heteroatoms. The number of rotatable bonds is 5. The van der Waals surface area contributed by atoms with Crippen molar-refractivity contribution in [2.24, 2.45) is 0 Å². The number of hydrogen-bond acceptors (Lipinski definition) is 4. The minimum absolute atomic E-state index is 0.174. The smallest absolute Gasteiger partial charge is 0.266 e. The summed E-state index contributed by atoms with van der Waals surface area (Å²) in [6.45, 7) is 2.08. The van der Waals surface area contributed by atoms with E-state index in [-0.39, 0.29) is 11.5 Å². The molecule has 0 aliphatic heterocycles. The maximum atomic E-state index is 11.9. The number of aryl methyl sites for hydroxylation is 1. The summed E-state index contributed by atoms with van der Waals surface area (Å²) in [6, 6.07) is 8.61. The topological polar surface area (TPSA) is 43.4 Å². The fraction of sp³-hybridized carbons (Fsp3) is 0.231. The number of hydrogen-bond donors (Lipinski definition) is 0. The van der Waals surface area contributed by atoms with E-state index in [0.717, 1.165) is 11.1 Å². The van der Waals surface area contributed by atoms with Gasteiger partial charge in [0.15, 0.2) is 0 Å². The van der Waals surface area contributed by atoms with E-state index in [2.05, 4.69) is 0 Å². The summed E-state index contributed by atoms with van der Waals surface area (Å²) in [5.41, 5.74) is 2.12. The monoisotopic (exact) mass is 282 g/mol. The van der Waals surface area contributed by atoms with Crippen LogP contribution in [0.15, 0.2) is 46.0 Å². The molecule has 1 aromatic heterocycles. The Kier molecular flexibility index (Phi) is 4.16. The summed E-state index contributed by atoms with van der Waals surface area (Å²) in [5.74, 6) is 0. The molecular weight excluding hydrogens is 268 g/mol. The molecule has 0 spiro atoms. The molecule has 0 N–H and O–H groups in total. The lowest BCUT2D eigenvalue weighted by Crippen LogP contribution is -2.09. The Bertz CT molecular complexity index is 584. The van der Waals surface area contributed by atoms with Crippen LogP contribution < -0.4 is 0 Å². The molecule has 0 bridgehead atoms. The molecule has 0 saturated heterocycles. The van der Waals surface area contributed by atoms with Gasteiger partial charge < -0.3 is 0 Å². The van der Waals surface area contributed by atoms with Crippen LogP contribution in [0.5, 0.6) is 0 Å². The zero-order chi connectivity index (χ0) is 13.0. The molecule has 18 heavy (non-hydrogen) atoms. The summed E-state index contributed by atoms with van der Waals surface area (Å²) < 4.78 is 28.7. The van der Waals surface area contributed by atoms with Crippen LogP contribution in [-0.2, 0) is 20.7 Å². The van der Waals surface area contributed by atoms with Crippen LogP contribution in [0.3, 0.4) is 0 Å². The maximum Gasteiger partial charge on any atom is 0.296 e. The van der Waals surface area contributed by atoms with E-state index in [1.165, 1.54) is 0 Å². The highest BCUT2D eigenvalue weighted by Crippen LogP contribution is 2.14. The van der Waals surface area contributed by atoms with Gasteiger partial charge in [-0.15, -0.1) is 0 Å². The van der Waals surface area contributed by atoms with Crippen molar-refractivity contribution >= 4 is 21.5 Å². The lowest BCUT2D eigenvalue weighted by molar-refractivity contribution is 0.322. The van der Waals surface area contributed by atoms with Crippen molar-refractivity contribution < 1.29 is 12.6 Å². The highest BCUT2D eigenvalue weighted by molar-refractivity contribution is 7.86. The molecule has 0 aliphatic rings. The average molecular weight is 282 g/mol. The van der Waals surface area contributed by atoms with Crippen LogP contribution >= 0.6 is 11.3 Å². The molecular formula is C13H14O3S2. The number of benzene rings is 1. The van der Waals surface area contributed by atoms with Crippen molar-refractivity contribution in [3.05, 3.63) is 52.2 Å². The lowest BCUT2D eigenvalue weighted by atomic mass is 10.2. The van der Waals surface area contributed by atoms with E-state index >= 15 is 0 Å². The van der Waals surface area contributed by atoms with Crippen LogP contribution in [0.2, 0.25) is 0 Å². The summed E-state index contributed by atoms with van der Waals surface area (Å²) in [5, 5.41) is 3.95. The third kappa shape index (κ3) is 3.41. The normalized spacial score (nSPS) is 11.6. The van der Waals surface area contributed by atoms with Crippen molar-refractivity contribution in [3.8, 4) is 0 Å². The molecule has 0 atom stereocenters. The molecule has 0 saturated carbocycles. The molecule has 0 amide bonds. The Morgan fingerprint density at radius 3 is 2.50 bits per heavy atom. The van der Waals surface area contributed by atoms with E-state index in [4.69, 9.17) is 4.18 Å². The van der Waals surface area contributed by atoms with E-state index < -0.39 is 10.1 Å². The predicted octanol–water partition coefficient (Wildman–Crippen LogP) is 3.00. The van der Waals surface area contributed by atoms with Gasteiger partial charge in [0.05, 0.1) is 11.5 Å². The Morgan fingerprint density at radius 2 is 1.89 bits per heavy atom. The van der Waals surface area contributed by atoms with Crippen molar-refractivity contribution in [2.45, 2.75) is 18.2 Å². The van der Waals surface area contributed by atoms with E-state index in [0.29, 0.717) is 6.42 Å². The fourth-order valence-electron chi connectivity index (χ4n) is 1.48. The highest BCUT2D eigenvalue weighted by atomic mass is 32.2. The molecule has 0 aliphatic carbocycles. The Morgan fingerprint density at radius 1 is 1.17 bits per heavy atom. The van der Waals surface area contributed by atoms with Gasteiger partial charge in [0.2, 0.25) is 0 Å². The van der Waals surface area contributed by atoms with E-state index in [1.807, 2.05) is 23.8 Å². The molecule has 96 valence electrons. The first-order valence-electron chi connectivity index (χ1n) is 5.55. The van der Waals surface area contributed by atoms with Gasteiger partial charge in [-0.25, -0.2) is 0 Å². The second-order valence-corrected chi connectivity index (χ2v) is 6.37. The third-order valence-corrected chi connectivity index (χ3v) is 4.58. The van der Waals surface area contributed by atoms with Gasteiger partial charge in [0.25, 0.3) is 10.1 Å². The summed E-state index contributed by atoms with van der Waals surface area (Å²) in [4.78, 5) is 0.207. The van der Waals surface area contributed by atoms with Gasteiger partial charge >= 0.3 is 0 Å². The van der Waals surface area contributed by atoms with Crippen LogP contribution in [0.1, 0.15) is 11.1 Å². The number of thiophene rings is 1. The second kappa shape index (κ2) is 5.65. The molecule has 2 rings (SSSR count). The molecule has 0 unspecified atom stereocenters. The van der Waals surface area contributed by atoms with Crippen LogP contribution in [0, 0.1) is 6.92 Å². The van der Waals surface area contributed by atoms with Crippen LogP contribution in [0.25, 0.3) is 0 Å². The van der Waals surface area contributed by atoms with Gasteiger partial charge in [0, 0.05) is 0 Å². The van der Waals surface area contributed by atoms with E-state index in [1.54, 1.807) is 35.6 Å². The standard InChI is InChI=1S/C13H14O3S2/c1-11-2-4-13(5-3-11)18(14,15)16-8-6-12-7-9-17-10-12/h2-5,7,9-10H,6,8H2,1H3. The minimum atomic E-state index is -3.63. The maximum absolute atomic E-state index is 11.9. The van der Waals surface area contributed by atoms with E-state index in [9.17, 15) is 8.42 Å². The van der Waals surface area contributed by atoms with Gasteiger partial charge in [-0.1, -0.05) is 17.7 Å². The van der Waals surface area contributed by atoms with Crippen LogP contribution in [0.4, 0.5) is 0 Å². The van der Waals surface area contributed by atoms with Crippen LogP contribution in [-0.4, -0.2) is 15.0 Å². The zero-order valence-electron chi connectivity index (χ0n) is 10.00. The van der Waals surface area contributed by atoms with Gasteiger partial charge in [-0.05, 0) is 47.9 Å². The first-order chi connectivity index (χ1) is 8.58. The Hall–Kier alpha value is -1.17. The molecule has 0 radical (unpaired) electrons. The van der Waals surface area contributed by atoms with Crippen molar-refractivity contribution in [3.63, 3.8) is 0 Å². The summed E-state index contributed by atoms with van der Waals surface area (Å²) in [6.07, 6.45) is 0.606. The van der Waals surface area contributed by atoms with Crippen molar-refractivity contribution in [1.29, 1.82) is 0 Å². The first kappa shape index (κ1) is 13.3. The fourth-order valence-corrected chi connectivity index (χ4v) is 3.09. The lowest BCUT2D eigenvalue weighted by Gasteiger charge is -2.05. The quantitative estimate of drug-likeness (QED) is 0.792. The van der Waals surface area contributed by atoms with Gasteiger partial charge in [-0.2, -0.15) is 19.8 Å². The molecule has 1 aromatic carbocycles. The molecule has 2 aromatic rings. The highest BCUT2D eigenvalue weighted by Gasteiger charge is 2.14. The van der Waals surface area contributed by atoms with Crippen molar-refractivity contribution in [1.82, 2.24) is 0 Å². The third-order valence-electron chi connectivity index (χ3n) is 2.52. The largest absolute Gasteiger partial charge is 0.296 e. The van der Waals surface area contributed by atoms with Crippen molar-refractivity contribution in [2.75, 3.05) is 6.61 Å².